The van der Waals surface area contributed by atoms with Gasteiger partial charge in [-0.25, -0.2) is 9.48 Å². The van der Waals surface area contributed by atoms with Crippen LogP contribution in [0.3, 0.4) is 0 Å². The molecule has 0 bridgehead atoms. The molecule has 0 amide bonds. The Kier molecular flexibility index (Phi) is 5.38. The van der Waals surface area contributed by atoms with Crippen LogP contribution in [0.1, 0.15) is 11.1 Å². The summed E-state index contributed by atoms with van der Waals surface area (Å²) in [6.45, 7) is 0.392. The fraction of sp³-hybridized carbons (Fsp3) is 0.0833. The monoisotopic (exact) mass is 384 g/mol. The molecule has 3 aromatic carbocycles. The fourth-order valence-corrected chi connectivity index (χ4v) is 3.19. The summed E-state index contributed by atoms with van der Waals surface area (Å²) in [7, 11) is 0. The zero-order chi connectivity index (χ0) is 20.1. The van der Waals surface area contributed by atoms with Gasteiger partial charge in [0.1, 0.15) is 6.61 Å². The van der Waals surface area contributed by atoms with Crippen LogP contribution in [-0.4, -0.2) is 15.5 Å². The predicted molar refractivity (Wildman–Crippen MR) is 114 cm³/mol. The van der Waals surface area contributed by atoms with Crippen LogP contribution >= 0.6 is 0 Å². The zero-order valence-corrected chi connectivity index (χ0v) is 15.8. The minimum Gasteiger partial charge on any atom is -0.443 e. The van der Waals surface area contributed by atoms with Crippen LogP contribution in [0.15, 0.2) is 95.8 Å². The highest BCUT2D eigenvalue weighted by atomic mass is 16.6. The number of rotatable bonds is 5. The summed E-state index contributed by atoms with van der Waals surface area (Å²) >= 11 is 0. The smallest absolute Gasteiger partial charge is 0.434 e. The van der Waals surface area contributed by atoms with Crippen molar-refractivity contribution in [1.29, 1.82) is 0 Å². The number of hydrogen-bond acceptors (Lipinski definition) is 3. The highest BCUT2D eigenvalue weighted by molar-refractivity contribution is 5.87. The standard InChI is InChI=1S/C24H20N2O3/c27-23-21-15-7-8-16-22(21)26(24(28)29-18-20-12-5-2-6-13-20)25(23)17-9-14-19-10-3-1-4-11-19/h1-16H,17-18H2. The Balaban J connectivity index is 1.64. The van der Waals surface area contributed by atoms with Gasteiger partial charge in [-0.15, -0.1) is 0 Å². The highest BCUT2D eigenvalue weighted by Crippen LogP contribution is 2.13. The molecule has 5 heteroatoms. The van der Waals surface area contributed by atoms with E-state index in [0.29, 0.717) is 10.9 Å². The Morgan fingerprint density at radius 2 is 1.52 bits per heavy atom. The van der Waals surface area contributed by atoms with Crippen molar-refractivity contribution in [3.05, 3.63) is 112 Å². The minimum absolute atomic E-state index is 0.139. The van der Waals surface area contributed by atoms with Gasteiger partial charge in [0, 0.05) is 0 Å². The Morgan fingerprint density at radius 1 is 0.862 bits per heavy atom. The summed E-state index contributed by atoms with van der Waals surface area (Å²) in [5.74, 6) is 0. The zero-order valence-electron chi connectivity index (χ0n) is 15.8. The number of ether oxygens (including phenoxy) is 1. The molecular formula is C24H20N2O3. The first-order valence-corrected chi connectivity index (χ1v) is 9.37. The van der Waals surface area contributed by atoms with E-state index in [4.69, 9.17) is 4.74 Å². The van der Waals surface area contributed by atoms with Gasteiger partial charge in [-0.1, -0.05) is 84.9 Å². The summed E-state index contributed by atoms with van der Waals surface area (Å²) < 4.78 is 8.20. The van der Waals surface area contributed by atoms with E-state index in [1.165, 1.54) is 9.36 Å². The van der Waals surface area contributed by atoms with Gasteiger partial charge in [-0.05, 0) is 23.3 Å². The second kappa shape index (κ2) is 8.44. The largest absolute Gasteiger partial charge is 0.443 e. The fourth-order valence-electron chi connectivity index (χ4n) is 3.19. The molecule has 0 saturated heterocycles. The first-order chi connectivity index (χ1) is 14.2. The van der Waals surface area contributed by atoms with Crippen LogP contribution in [0.2, 0.25) is 0 Å². The molecule has 0 aliphatic carbocycles. The van der Waals surface area contributed by atoms with Crippen LogP contribution in [-0.2, 0) is 17.9 Å². The molecule has 4 aromatic rings. The molecule has 0 N–H and O–H groups in total. The number of hydrogen-bond donors (Lipinski definition) is 0. The number of allylic oxidation sites excluding steroid dienone is 1. The van der Waals surface area contributed by atoms with E-state index in [-0.39, 0.29) is 18.7 Å². The number of para-hydroxylation sites is 1. The second-order valence-corrected chi connectivity index (χ2v) is 6.57. The molecule has 0 spiro atoms. The van der Waals surface area contributed by atoms with Crippen LogP contribution in [0.25, 0.3) is 17.0 Å². The van der Waals surface area contributed by atoms with Gasteiger partial charge in [-0.3, -0.25) is 4.79 Å². The lowest BCUT2D eigenvalue weighted by Crippen LogP contribution is -2.28. The number of carbonyl (C=O) groups excluding carboxylic acids is 1. The average Bonchev–Trinajstić information content (AvgIpc) is 3.06. The Bertz CT molecular complexity index is 1210. The van der Waals surface area contributed by atoms with Crippen LogP contribution < -0.4 is 5.56 Å². The molecule has 0 fully saturated rings. The molecule has 144 valence electrons. The van der Waals surface area contributed by atoms with Gasteiger partial charge in [0.05, 0.1) is 17.4 Å². The van der Waals surface area contributed by atoms with Crippen molar-refractivity contribution in [1.82, 2.24) is 9.36 Å². The molecule has 4 rings (SSSR count). The normalized spacial score (nSPS) is 11.2. The maximum Gasteiger partial charge on any atom is 0.434 e. The topological polar surface area (TPSA) is 53.2 Å². The lowest BCUT2D eigenvalue weighted by Gasteiger charge is -2.11. The minimum atomic E-state index is -0.583. The van der Waals surface area contributed by atoms with E-state index < -0.39 is 6.09 Å². The summed E-state index contributed by atoms with van der Waals surface area (Å²) in [4.78, 5) is 25.7. The molecule has 0 unspecified atom stereocenters. The van der Waals surface area contributed by atoms with Crippen molar-refractivity contribution in [2.24, 2.45) is 0 Å². The molecule has 0 saturated carbocycles. The first-order valence-electron chi connectivity index (χ1n) is 9.37. The molecular weight excluding hydrogens is 364 g/mol. The molecule has 0 aliphatic rings. The van der Waals surface area contributed by atoms with E-state index in [0.717, 1.165) is 11.1 Å². The summed E-state index contributed by atoms with van der Waals surface area (Å²) in [5.41, 5.74) is 2.21. The summed E-state index contributed by atoms with van der Waals surface area (Å²) in [6, 6.07) is 26.3. The molecule has 1 aromatic heterocycles. The van der Waals surface area contributed by atoms with Crippen LogP contribution in [0, 0.1) is 0 Å². The van der Waals surface area contributed by atoms with E-state index in [1.54, 1.807) is 24.3 Å². The van der Waals surface area contributed by atoms with Gasteiger partial charge >= 0.3 is 6.09 Å². The summed E-state index contributed by atoms with van der Waals surface area (Å²) in [5, 5.41) is 0.484. The third-order valence-electron chi connectivity index (χ3n) is 4.60. The Labute approximate surface area is 168 Å². The molecule has 0 radical (unpaired) electrons. The lowest BCUT2D eigenvalue weighted by molar-refractivity contribution is 0.135. The molecule has 5 nitrogen and oxygen atoms in total. The van der Waals surface area contributed by atoms with E-state index >= 15 is 0 Å². The lowest BCUT2D eigenvalue weighted by atomic mass is 10.2. The van der Waals surface area contributed by atoms with Crippen molar-refractivity contribution >= 4 is 23.1 Å². The average molecular weight is 384 g/mol. The third-order valence-corrected chi connectivity index (χ3v) is 4.60. The molecule has 0 atom stereocenters. The Morgan fingerprint density at radius 3 is 2.28 bits per heavy atom. The number of aromatic nitrogens is 2. The van der Waals surface area contributed by atoms with Crippen LogP contribution in [0.4, 0.5) is 4.79 Å². The maximum absolute atomic E-state index is 12.9. The van der Waals surface area contributed by atoms with Gasteiger partial charge < -0.3 is 4.74 Å². The molecule has 1 heterocycles. The van der Waals surface area contributed by atoms with Crippen molar-refractivity contribution in [3.8, 4) is 0 Å². The van der Waals surface area contributed by atoms with E-state index in [2.05, 4.69) is 0 Å². The predicted octanol–water partition coefficient (Wildman–Crippen LogP) is 4.70. The number of benzene rings is 3. The van der Waals surface area contributed by atoms with E-state index in [1.807, 2.05) is 72.8 Å². The Hall–Kier alpha value is -3.86. The van der Waals surface area contributed by atoms with Crippen molar-refractivity contribution in [2.75, 3.05) is 0 Å². The number of nitrogens with zero attached hydrogens (tertiary/aromatic N) is 2. The van der Waals surface area contributed by atoms with Crippen LogP contribution in [0.5, 0.6) is 0 Å². The highest BCUT2D eigenvalue weighted by Gasteiger charge is 2.18. The first kappa shape index (κ1) is 18.5. The maximum atomic E-state index is 12.9. The van der Waals surface area contributed by atoms with Gasteiger partial charge in [0.25, 0.3) is 5.56 Å². The second-order valence-electron chi connectivity index (χ2n) is 6.57. The summed E-state index contributed by atoms with van der Waals surface area (Å²) in [6.07, 6.45) is 3.20. The van der Waals surface area contributed by atoms with Gasteiger partial charge in [-0.2, -0.15) is 4.68 Å². The van der Waals surface area contributed by atoms with E-state index in [9.17, 15) is 9.59 Å². The number of fused-ring (bicyclic) bond motifs is 1. The van der Waals surface area contributed by atoms with Gasteiger partial charge in [0.2, 0.25) is 0 Å². The van der Waals surface area contributed by atoms with Crippen molar-refractivity contribution < 1.29 is 9.53 Å². The SMILES string of the molecule is O=C(OCc1ccccc1)n1c2ccccc2c(=O)n1CC=Cc1ccccc1. The molecule has 0 aliphatic heterocycles. The van der Waals surface area contributed by atoms with Crippen molar-refractivity contribution in [3.63, 3.8) is 0 Å². The number of carbonyl (C=O) groups is 1. The third kappa shape index (κ3) is 4.04. The van der Waals surface area contributed by atoms with Crippen molar-refractivity contribution in [2.45, 2.75) is 13.2 Å². The van der Waals surface area contributed by atoms with Gasteiger partial charge in [0.15, 0.2) is 0 Å². The molecule has 29 heavy (non-hydrogen) atoms. The quantitative estimate of drug-likeness (QED) is 0.501.